The van der Waals surface area contributed by atoms with E-state index in [1.807, 2.05) is 26.8 Å². The van der Waals surface area contributed by atoms with Gasteiger partial charge in [-0.05, 0) is 39.8 Å². The standard InChI is InChI=1S/C16H21N5O2/c1-5-23-14(22)11-8-6-7-9-12(11)18-15-19-13(10-17-21-15)20-16(2,3)4/h6-10H,5H2,1-4H3,(H2,18,19,20,21). The minimum Gasteiger partial charge on any atom is -0.462 e. The van der Waals surface area contributed by atoms with Gasteiger partial charge in [0.1, 0.15) is 0 Å². The van der Waals surface area contributed by atoms with E-state index in [4.69, 9.17) is 4.74 Å². The predicted molar refractivity (Wildman–Crippen MR) is 88.9 cm³/mol. The molecule has 0 aliphatic carbocycles. The van der Waals surface area contributed by atoms with Crippen molar-refractivity contribution in [2.24, 2.45) is 0 Å². The molecule has 0 unspecified atom stereocenters. The highest BCUT2D eigenvalue weighted by Gasteiger charge is 2.14. The number of carbonyl (C=O) groups is 1. The zero-order chi connectivity index (χ0) is 16.9. The number of para-hydroxylation sites is 1. The van der Waals surface area contributed by atoms with Crippen LogP contribution in [0.25, 0.3) is 0 Å². The van der Waals surface area contributed by atoms with Crippen LogP contribution in [0.1, 0.15) is 38.1 Å². The van der Waals surface area contributed by atoms with Gasteiger partial charge < -0.3 is 15.4 Å². The van der Waals surface area contributed by atoms with Crippen LogP contribution >= 0.6 is 0 Å². The molecule has 1 heterocycles. The Bertz CT molecular complexity index is 682. The quantitative estimate of drug-likeness (QED) is 0.820. The van der Waals surface area contributed by atoms with Gasteiger partial charge in [0.25, 0.3) is 0 Å². The number of nitrogens with zero attached hydrogens (tertiary/aromatic N) is 3. The number of carbonyl (C=O) groups excluding carboxylic acids is 1. The van der Waals surface area contributed by atoms with Crippen molar-refractivity contribution in [2.45, 2.75) is 33.2 Å². The van der Waals surface area contributed by atoms with Crippen LogP contribution in [-0.2, 0) is 4.74 Å². The normalized spacial score (nSPS) is 11.0. The minimum atomic E-state index is -0.396. The van der Waals surface area contributed by atoms with Crippen molar-refractivity contribution in [3.63, 3.8) is 0 Å². The summed E-state index contributed by atoms with van der Waals surface area (Å²) in [4.78, 5) is 16.3. The van der Waals surface area contributed by atoms with E-state index in [1.54, 1.807) is 31.3 Å². The molecule has 0 atom stereocenters. The number of anilines is 3. The van der Waals surface area contributed by atoms with Crippen molar-refractivity contribution in [1.82, 2.24) is 15.2 Å². The molecule has 0 spiro atoms. The molecule has 23 heavy (non-hydrogen) atoms. The Morgan fingerprint density at radius 2 is 2.00 bits per heavy atom. The van der Waals surface area contributed by atoms with Gasteiger partial charge in [0.15, 0.2) is 5.82 Å². The Balaban J connectivity index is 2.23. The predicted octanol–water partition coefficient (Wildman–Crippen LogP) is 3.00. The molecule has 0 saturated carbocycles. The van der Waals surface area contributed by atoms with Gasteiger partial charge in [-0.2, -0.15) is 10.1 Å². The summed E-state index contributed by atoms with van der Waals surface area (Å²) in [6.45, 7) is 8.16. The number of hydrogen-bond acceptors (Lipinski definition) is 7. The van der Waals surface area contributed by atoms with Crippen molar-refractivity contribution in [1.29, 1.82) is 0 Å². The lowest BCUT2D eigenvalue weighted by Crippen LogP contribution is -2.27. The molecule has 0 radical (unpaired) electrons. The van der Waals surface area contributed by atoms with Crippen molar-refractivity contribution in [3.8, 4) is 0 Å². The highest BCUT2D eigenvalue weighted by molar-refractivity contribution is 5.96. The number of aromatic nitrogens is 3. The van der Waals surface area contributed by atoms with Crippen LogP contribution in [0.3, 0.4) is 0 Å². The van der Waals surface area contributed by atoms with Gasteiger partial charge in [0.05, 0.1) is 24.1 Å². The van der Waals surface area contributed by atoms with E-state index in [2.05, 4.69) is 25.8 Å². The molecule has 1 aromatic carbocycles. The molecule has 0 saturated heterocycles. The SMILES string of the molecule is CCOC(=O)c1ccccc1Nc1nncc(NC(C)(C)C)n1. The van der Waals surface area contributed by atoms with Gasteiger partial charge in [-0.1, -0.05) is 12.1 Å². The second-order valence-corrected chi connectivity index (χ2v) is 5.93. The lowest BCUT2D eigenvalue weighted by molar-refractivity contribution is 0.0527. The van der Waals surface area contributed by atoms with E-state index < -0.39 is 5.97 Å². The average Bonchev–Trinajstić information content (AvgIpc) is 2.46. The molecule has 7 nitrogen and oxygen atoms in total. The van der Waals surface area contributed by atoms with Gasteiger partial charge in [-0.25, -0.2) is 4.79 Å². The number of nitrogens with one attached hydrogen (secondary N) is 2. The molecule has 0 fully saturated rings. The second kappa shape index (κ2) is 7.04. The molecule has 2 rings (SSSR count). The molecule has 7 heteroatoms. The minimum absolute atomic E-state index is 0.143. The van der Waals surface area contributed by atoms with E-state index in [1.165, 1.54) is 0 Å². The fourth-order valence-electron chi connectivity index (χ4n) is 1.90. The Morgan fingerprint density at radius 3 is 2.70 bits per heavy atom. The fourth-order valence-corrected chi connectivity index (χ4v) is 1.90. The first kappa shape index (κ1) is 16.7. The topological polar surface area (TPSA) is 89.0 Å². The summed E-state index contributed by atoms with van der Waals surface area (Å²) in [5.41, 5.74) is 0.851. The first-order chi connectivity index (χ1) is 10.9. The molecule has 0 aliphatic rings. The maximum Gasteiger partial charge on any atom is 0.340 e. The smallest absolute Gasteiger partial charge is 0.340 e. The highest BCUT2D eigenvalue weighted by Crippen LogP contribution is 2.20. The lowest BCUT2D eigenvalue weighted by atomic mass is 10.1. The van der Waals surface area contributed by atoms with Crippen LogP contribution in [-0.4, -0.2) is 33.3 Å². The largest absolute Gasteiger partial charge is 0.462 e. The number of esters is 1. The third-order valence-electron chi connectivity index (χ3n) is 2.73. The van der Waals surface area contributed by atoms with Crippen LogP contribution in [0.2, 0.25) is 0 Å². The molecule has 0 bridgehead atoms. The molecule has 1 aromatic heterocycles. The molecular weight excluding hydrogens is 294 g/mol. The summed E-state index contributed by atoms with van der Waals surface area (Å²) >= 11 is 0. The molecule has 0 amide bonds. The van der Waals surface area contributed by atoms with Gasteiger partial charge in [-0.3, -0.25) is 0 Å². The van der Waals surface area contributed by atoms with Crippen molar-refractivity contribution in [3.05, 3.63) is 36.0 Å². The average molecular weight is 315 g/mol. The fraction of sp³-hybridized carbons (Fsp3) is 0.375. The third-order valence-corrected chi connectivity index (χ3v) is 2.73. The Hall–Kier alpha value is -2.70. The summed E-state index contributed by atoms with van der Waals surface area (Å²) in [6, 6.07) is 7.04. The van der Waals surface area contributed by atoms with Crippen LogP contribution in [0.5, 0.6) is 0 Å². The molecule has 2 aromatic rings. The summed E-state index contributed by atoms with van der Waals surface area (Å²) in [7, 11) is 0. The third kappa shape index (κ3) is 4.91. The Labute approximate surface area is 135 Å². The molecular formula is C16H21N5O2. The molecule has 2 N–H and O–H groups in total. The second-order valence-electron chi connectivity index (χ2n) is 5.93. The first-order valence-electron chi connectivity index (χ1n) is 7.40. The molecule has 0 aliphatic heterocycles. The number of benzene rings is 1. The van der Waals surface area contributed by atoms with E-state index in [9.17, 15) is 4.79 Å². The maximum atomic E-state index is 12.0. The number of ether oxygens (including phenoxy) is 1. The Kier molecular flexibility index (Phi) is 5.10. The number of hydrogen-bond donors (Lipinski definition) is 2. The lowest BCUT2D eigenvalue weighted by Gasteiger charge is -2.21. The summed E-state index contributed by atoms with van der Waals surface area (Å²) in [6.07, 6.45) is 1.55. The van der Waals surface area contributed by atoms with Gasteiger partial charge >= 0.3 is 5.97 Å². The van der Waals surface area contributed by atoms with Crippen molar-refractivity contribution >= 4 is 23.4 Å². The zero-order valence-electron chi connectivity index (χ0n) is 13.8. The van der Waals surface area contributed by atoms with E-state index in [0.717, 1.165) is 0 Å². The highest BCUT2D eigenvalue weighted by atomic mass is 16.5. The maximum absolute atomic E-state index is 12.0. The van der Waals surface area contributed by atoms with Crippen LogP contribution in [0.4, 0.5) is 17.5 Å². The van der Waals surface area contributed by atoms with Gasteiger partial charge in [0, 0.05) is 5.54 Å². The van der Waals surface area contributed by atoms with E-state index >= 15 is 0 Å². The van der Waals surface area contributed by atoms with Crippen LogP contribution < -0.4 is 10.6 Å². The number of rotatable bonds is 5. The summed E-state index contributed by atoms with van der Waals surface area (Å²) in [5, 5.41) is 14.1. The van der Waals surface area contributed by atoms with Crippen molar-refractivity contribution < 1.29 is 9.53 Å². The molecule has 122 valence electrons. The van der Waals surface area contributed by atoms with Crippen molar-refractivity contribution in [2.75, 3.05) is 17.2 Å². The summed E-state index contributed by atoms with van der Waals surface area (Å²) < 4.78 is 5.05. The monoisotopic (exact) mass is 315 g/mol. The zero-order valence-corrected chi connectivity index (χ0v) is 13.8. The van der Waals surface area contributed by atoms with Crippen LogP contribution in [0, 0.1) is 0 Å². The first-order valence-corrected chi connectivity index (χ1v) is 7.40. The van der Waals surface area contributed by atoms with E-state index in [-0.39, 0.29) is 5.54 Å². The van der Waals surface area contributed by atoms with Gasteiger partial charge in [-0.15, -0.1) is 5.10 Å². The van der Waals surface area contributed by atoms with Gasteiger partial charge in [0.2, 0.25) is 5.95 Å². The van der Waals surface area contributed by atoms with E-state index in [0.29, 0.717) is 29.6 Å². The van der Waals surface area contributed by atoms with Crippen LogP contribution in [0.15, 0.2) is 30.5 Å². The summed E-state index contributed by atoms with van der Waals surface area (Å²) in [5.74, 6) is 0.507. The Morgan fingerprint density at radius 1 is 1.26 bits per heavy atom.